The van der Waals surface area contributed by atoms with E-state index in [9.17, 15) is 0 Å². The Morgan fingerprint density at radius 3 is 2.53 bits per heavy atom. The van der Waals surface area contributed by atoms with E-state index in [0.29, 0.717) is 6.61 Å². The van der Waals surface area contributed by atoms with Crippen molar-refractivity contribution >= 4 is 46.6 Å². The van der Waals surface area contributed by atoms with Gasteiger partial charge in [-0.2, -0.15) is 11.8 Å². The molecule has 0 atom stereocenters. The van der Waals surface area contributed by atoms with Crippen LogP contribution in [0, 0.1) is 0 Å². The summed E-state index contributed by atoms with van der Waals surface area (Å²) in [5, 5.41) is 4.38. The van der Waals surface area contributed by atoms with E-state index < -0.39 is 0 Å². The van der Waals surface area contributed by atoms with Gasteiger partial charge < -0.3 is 14.5 Å². The number of nitrogens with zero attached hydrogens (tertiary/aromatic N) is 3. The highest BCUT2D eigenvalue weighted by Gasteiger charge is 2.14. The van der Waals surface area contributed by atoms with E-state index in [1.807, 2.05) is 60.3 Å². The van der Waals surface area contributed by atoms with E-state index in [1.165, 1.54) is 11.5 Å². The topological polar surface area (TPSA) is 63.4 Å². The van der Waals surface area contributed by atoms with Crippen molar-refractivity contribution in [2.24, 2.45) is 0 Å². The number of benzene rings is 3. The molecular weight excluding hydrogens is 516 g/mol. The first-order valence-corrected chi connectivity index (χ1v) is 13.6. The highest BCUT2D eigenvalue weighted by atomic mass is 35.5. The maximum atomic E-state index is 6.22. The quantitative estimate of drug-likeness (QED) is 0.222. The number of nitrogens with one attached hydrogen (secondary N) is 1. The van der Waals surface area contributed by atoms with Crippen molar-refractivity contribution in [3.8, 4) is 17.1 Å². The summed E-state index contributed by atoms with van der Waals surface area (Å²) in [6.07, 6.45) is 1.59. The molecule has 1 saturated heterocycles. The first kappa shape index (κ1) is 26.1. The van der Waals surface area contributed by atoms with Crippen molar-refractivity contribution in [3.63, 3.8) is 0 Å². The van der Waals surface area contributed by atoms with Gasteiger partial charge >= 0.3 is 0 Å². The third-order valence-electron chi connectivity index (χ3n) is 6.43. The minimum absolute atomic E-state index is 0. The molecule has 3 heterocycles. The van der Waals surface area contributed by atoms with E-state index >= 15 is 0 Å². The monoisotopic (exact) mass is 544 g/mol. The highest BCUT2D eigenvalue weighted by Crippen LogP contribution is 2.30. The fraction of sp³-hybridized carbons (Fsp3) is 0.200. The van der Waals surface area contributed by atoms with Gasteiger partial charge in [0, 0.05) is 41.2 Å². The van der Waals surface area contributed by atoms with Crippen LogP contribution in [0.25, 0.3) is 22.2 Å². The number of anilines is 2. The molecule has 6 nitrogen and oxygen atoms in total. The summed E-state index contributed by atoms with van der Waals surface area (Å²) >= 11 is 2.02. The van der Waals surface area contributed by atoms with Crippen LogP contribution < -0.4 is 10.1 Å². The van der Waals surface area contributed by atoms with Gasteiger partial charge in [0.15, 0.2) is 0 Å². The van der Waals surface area contributed by atoms with Gasteiger partial charge in [0.25, 0.3) is 0 Å². The summed E-state index contributed by atoms with van der Waals surface area (Å²) in [4.78, 5) is 11.4. The summed E-state index contributed by atoms with van der Waals surface area (Å²) in [5.41, 5.74) is 3.96. The maximum absolute atomic E-state index is 6.22. The van der Waals surface area contributed by atoms with E-state index in [1.54, 1.807) is 6.33 Å². The minimum atomic E-state index is 0. The Morgan fingerprint density at radius 2 is 1.71 bits per heavy atom. The number of ether oxygens (including phenoxy) is 1. The number of thioether (sulfide) groups is 1. The van der Waals surface area contributed by atoms with Crippen LogP contribution in [0.15, 0.2) is 95.7 Å². The lowest BCUT2D eigenvalue weighted by molar-refractivity contribution is 0.269. The van der Waals surface area contributed by atoms with E-state index in [-0.39, 0.29) is 12.4 Å². The lowest BCUT2D eigenvalue weighted by Crippen LogP contribution is -2.31. The first-order valence-electron chi connectivity index (χ1n) is 12.5. The second-order valence-corrected chi connectivity index (χ2v) is 10.3. The second-order valence-electron chi connectivity index (χ2n) is 9.03. The summed E-state index contributed by atoms with van der Waals surface area (Å²) in [6.45, 7) is 3.62. The van der Waals surface area contributed by atoms with Crippen LogP contribution in [0.1, 0.15) is 11.3 Å². The molecule has 194 valence electrons. The molecule has 0 spiro atoms. The molecule has 0 amide bonds. The Hall–Kier alpha value is -3.52. The van der Waals surface area contributed by atoms with Gasteiger partial charge in [-0.1, -0.05) is 30.3 Å². The number of halogens is 1. The summed E-state index contributed by atoms with van der Waals surface area (Å²) in [6, 6.07) is 28.4. The Morgan fingerprint density at radius 1 is 0.895 bits per heavy atom. The van der Waals surface area contributed by atoms with Crippen LogP contribution in [0.4, 0.5) is 11.5 Å². The average molecular weight is 545 g/mol. The summed E-state index contributed by atoms with van der Waals surface area (Å²) in [5.74, 6) is 5.82. The van der Waals surface area contributed by atoms with Crippen LogP contribution in [0.3, 0.4) is 0 Å². The van der Waals surface area contributed by atoms with Gasteiger partial charge in [-0.15, -0.1) is 12.4 Å². The van der Waals surface area contributed by atoms with Gasteiger partial charge in [-0.3, -0.25) is 4.90 Å². The van der Waals surface area contributed by atoms with E-state index in [2.05, 4.69) is 56.6 Å². The first-order chi connectivity index (χ1) is 18.3. The molecule has 0 aliphatic carbocycles. The van der Waals surface area contributed by atoms with Crippen molar-refractivity contribution in [2.75, 3.05) is 29.9 Å². The van der Waals surface area contributed by atoms with Crippen LogP contribution >= 0.6 is 24.2 Å². The number of fused-ring (bicyclic) bond motifs is 1. The largest absolute Gasteiger partial charge is 0.489 e. The zero-order valence-corrected chi connectivity index (χ0v) is 22.5. The zero-order chi connectivity index (χ0) is 24.9. The third-order valence-corrected chi connectivity index (χ3v) is 7.37. The Balaban J connectivity index is 0.00000294. The van der Waals surface area contributed by atoms with Gasteiger partial charge in [0.2, 0.25) is 0 Å². The lowest BCUT2D eigenvalue weighted by Gasteiger charge is -2.24. The standard InChI is InChI=1S/C30H28N4O2S.ClH/c1-2-4-22(5-3-1)20-35-25-9-7-24(8-10-25)33-30-27-18-23(6-12-28(27)31-21-32-30)29-13-11-26(36-29)19-34-14-16-37-17-15-34;/h1-13,18,21H,14-17,19-20H2,(H,31,32,33);1H. The molecule has 3 aromatic carbocycles. The SMILES string of the molecule is Cl.c1ccc(COc2ccc(Nc3ncnc4ccc(-c5ccc(CN6CCSCC6)o5)cc34)cc2)cc1. The molecule has 38 heavy (non-hydrogen) atoms. The molecule has 1 aliphatic rings. The predicted molar refractivity (Wildman–Crippen MR) is 158 cm³/mol. The fourth-order valence-corrected chi connectivity index (χ4v) is 5.40. The van der Waals surface area contributed by atoms with Gasteiger partial charge in [-0.05, 0) is 60.2 Å². The van der Waals surface area contributed by atoms with Crippen molar-refractivity contribution in [1.82, 2.24) is 14.9 Å². The number of furan rings is 1. The summed E-state index contributed by atoms with van der Waals surface area (Å²) in [7, 11) is 0. The van der Waals surface area contributed by atoms with E-state index in [0.717, 1.165) is 70.4 Å². The number of hydrogen-bond donors (Lipinski definition) is 1. The predicted octanol–water partition coefficient (Wildman–Crippen LogP) is 7.18. The molecular formula is C30H29ClN4O2S. The van der Waals surface area contributed by atoms with Gasteiger partial charge in [0.1, 0.15) is 36.0 Å². The molecule has 1 N–H and O–H groups in total. The van der Waals surface area contributed by atoms with Crippen molar-refractivity contribution < 1.29 is 9.15 Å². The van der Waals surface area contributed by atoms with Crippen LogP contribution in [0.5, 0.6) is 5.75 Å². The average Bonchev–Trinajstić information content (AvgIpc) is 3.42. The van der Waals surface area contributed by atoms with Crippen LogP contribution in [-0.4, -0.2) is 39.5 Å². The Kier molecular flexibility index (Phi) is 8.48. The number of hydrogen-bond acceptors (Lipinski definition) is 7. The molecule has 0 unspecified atom stereocenters. The molecule has 1 aliphatic heterocycles. The maximum Gasteiger partial charge on any atom is 0.141 e. The fourth-order valence-electron chi connectivity index (χ4n) is 4.42. The normalized spacial score (nSPS) is 13.7. The highest BCUT2D eigenvalue weighted by molar-refractivity contribution is 7.99. The summed E-state index contributed by atoms with van der Waals surface area (Å²) < 4.78 is 12.1. The third kappa shape index (κ3) is 6.30. The molecule has 0 radical (unpaired) electrons. The van der Waals surface area contributed by atoms with E-state index in [4.69, 9.17) is 9.15 Å². The van der Waals surface area contributed by atoms with Crippen molar-refractivity contribution in [1.29, 1.82) is 0 Å². The second kappa shape index (κ2) is 12.3. The molecule has 0 bridgehead atoms. The minimum Gasteiger partial charge on any atom is -0.489 e. The Labute approximate surface area is 232 Å². The molecule has 1 fully saturated rings. The molecule has 2 aromatic heterocycles. The number of aromatic nitrogens is 2. The van der Waals surface area contributed by atoms with Crippen LogP contribution in [0.2, 0.25) is 0 Å². The number of rotatable bonds is 8. The van der Waals surface area contributed by atoms with Crippen molar-refractivity contribution in [2.45, 2.75) is 13.2 Å². The lowest BCUT2D eigenvalue weighted by atomic mass is 10.1. The Bertz CT molecular complexity index is 1470. The van der Waals surface area contributed by atoms with Gasteiger partial charge in [0.05, 0.1) is 12.1 Å². The molecule has 8 heteroatoms. The zero-order valence-electron chi connectivity index (χ0n) is 20.9. The molecule has 5 aromatic rings. The smallest absolute Gasteiger partial charge is 0.141 e. The molecule has 0 saturated carbocycles. The molecule has 6 rings (SSSR count). The van der Waals surface area contributed by atoms with Crippen LogP contribution in [-0.2, 0) is 13.2 Å². The van der Waals surface area contributed by atoms with Crippen molar-refractivity contribution in [3.05, 3.63) is 103 Å². The van der Waals surface area contributed by atoms with Gasteiger partial charge in [-0.25, -0.2) is 9.97 Å².